The number of rotatable bonds is 4. The minimum absolute atomic E-state index is 0.0621. The van der Waals surface area contributed by atoms with Crippen LogP contribution in [-0.4, -0.2) is 19.1 Å². The van der Waals surface area contributed by atoms with E-state index in [-0.39, 0.29) is 6.04 Å². The Morgan fingerprint density at radius 3 is 2.72 bits per heavy atom. The Balaban J connectivity index is 2.36. The second kappa shape index (κ2) is 5.69. The molecule has 2 rings (SSSR count). The number of benzene rings is 1. The number of nitrogens with zero attached hydrogens (tertiary/aromatic N) is 1. The van der Waals surface area contributed by atoms with Crippen molar-refractivity contribution in [2.75, 3.05) is 14.2 Å². The third kappa shape index (κ3) is 2.66. The molecule has 5 heteroatoms. The predicted octanol–water partition coefficient (Wildman–Crippen LogP) is 3.42. The number of halogens is 1. The lowest BCUT2D eigenvalue weighted by atomic mass is 10.1. The molecule has 1 aromatic carbocycles. The van der Waals surface area contributed by atoms with Gasteiger partial charge in [0.2, 0.25) is 0 Å². The van der Waals surface area contributed by atoms with Crippen molar-refractivity contribution in [1.29, 1.82) is 0 Å². The lowest BCUT2D eigenvalue weighted by Crippen LogP contribution is -2.17. The van der Waals surface area contributed by atoms with Crippen molar-refractivity contribution < 1.29 is 4.74 Å². The SMILES string of the molecule is CNC(c1ccc(OC)c(Cl)c1)c1nc(C)cs1. The van der Waals surface area contributed by atoms with E-state index in [2.05, 4.69) is 10.3 Å². The molecule has 1 heterocycles. The van der Waals surface area contributed by atoms with Crippen molar-refractivity contribution >= 4 is 22.9 Å². The molecule has 1 atom stereocenters. The summed E-state index contributed by atoms with van der Waals surface area (Å²) in [4.78, 5) is 4.51. The number of aryl methyl sites for hydroxylation is 1. The standard InChI is InChI=1S/C13H15ClN2OS/c1-8-7-18-13(16-8)12(15-2)9-4-5-11(17-3)10(14)6-9/h4-7,12,15H,1-3H3. The van der Waals surface area contributed by atoms with E-state index in [1.165, 1.54) is 0 Å². The summed E-state index contributed by atoms with van der Waals surface area (Å²) in [5, 5.41) is 6.96. The van der Waals surface area contributed by atoms with Crippen LogP contribution in [0.4, 0.5) is 0 Å². The van der Waals surface area contributed by atoms with Gasteiger partial charge in [-0.05, 0) is 31.7 Å². The van der Waals surface area contributed by atoms with Crippen LogP contribution in [0.1, 0.15) is 22.3 Å². The summed E-state index contributed by atoms with van der Waals surface area (Å²) in [6.07, 6.45) is 0. The van der Waals surface area contributed by atoms with Crippen molar-refractivity contribution in [1.82, 2.24) is 10.3 Å². The zero-order valence-electron chi connectivity index (χ0n) is 10.5. The summed E-state index contributed by atoms with van der Waals surface area (Å²) in [5.41, 5.74) is 2.12. The van der Waals surface area contributed by atoms with Crippen molar-refractivity contribution in [2.45, 2.75) is 13.0 Å². The van der Waals surface area contributed by atoms with Gasteiger partial charge in [0.15, 0.2) is 0 Å². The predicted molar refractivity (Wildman–Crippen MR) is 75.8 cm³/mol. The third-order valence-electron chi connectivity index (χ3n) is 2.68. The summed E-state index contributed by atoms with van der Waals surface area (Å²) in [6.45, 7) is 1.99. The number of hydrogen-bond donors (Lipinski definition) is 1. The van der Waals surface area contributed by atoms with Gasteiger partial charge in [0.05, 0.1) is 18.2 Å². The number of thiazole rings is 1. The Hall–Kier alpha value is -1.10. The molecule has 1 aromatic heterocycles. The zero-order chi connectivity index (χ0) is 13.1. The normalized spacial score (nSPS) is 12.4. The fourth-order valence-corrected chi connectivity index (χ4v) is 3.00. The van der Waals surface area contributed by atoms with Crippen LogP contribution < -0.4 is 10.1 Å². The summed E-state index contributed by atoms with van der Waals surface area (Å²) >= 11 is 7.80. The summed E-state index contributed by atoms with van der Waals surface area (Å²) in [7, 11) is 3.53. The van der Waals surface area contributed by atoms with Gasteiger partial charge in [-0.2, -0.15) is 0 Å². The van der Waals surface area contributed by atoms with Crippen LogP contribution >= 0.6 is 22.9 Å². The molecule has 2 aromatic rings. The maximum absolute atomic E-state index is 6.15. The highest BCUT2D eigenvalue weighted by Gasteiger charge is 2.16. The molecule has 0 aliphatic heterocycles. The molecule has 0 aliphatic carbocycles. The van der Waals surface area contributed by atoms with Gasteiger partial charge >= 0.3 is 0 Å². The number of aromatic nitrogens is 1. The van der Waals surface area contributed by atoms with Gasteiger partial charge in [0.25, 0.3) is 0 Å². The molecule has 18 heavy (non-hydrogen) atoms. The molecular weight excluding hydrogens is 268 g/mol. The van der Waals surface area contributed by atoms with Crippen LogP contribution in [0.25, 0.3) is 0 Å². The maximum Gasteiger partial charge on any atom is 0.137 e. The number of ether oxygens (including phenoxy) is 1. The van der Waals surface area contributed by atoms with E-state index in [0.29, 0.717) is 10.8 Å². The molecule has 0 saturated carbocycles. The second-order valence-electron chi connectivity index (χ2n) is 3.94. The lowest BCUT2D eigenvalue weighted by Gasteiger charge is -2.15. The quantitative estimate of drug-likeness (QED) is 0.933. The van der Waals surface area contributed by atoms with Crippen LogP contribution in [0.5, 0.6) is 5.75 Å². The van der Waals surface area contributed by atoms with Gasteiger partial charge in [-0.25, -0.2) is 4.98 Å². The fourth-order valence-electron chi connectivity index (χ4n) is 1.80. The highest BCUT2D eigenvalue weighted by Crippen LogP contribution is 2.31. The number of methoxy groups -OCH3 is 1. The van der Waals surface area contributed by atoms with Crippen LogP contribution in [0.2, 0.25) is 5.02 Å². The second-order valence-corrected chi connectivity index (χ2v) is 5.24. The monoisotopic (exact) mass is 282 g/mol. The smallest absolute Gasteiger partial charge is 0.137 e. The van der Waals surface area contributed by atoms with Crippen LogP contribution in [0, 0.1) is 6.92 Å². The summed E-state index contributed by atoms with van der Waals surface area (Å²) in [6, 6.07) is 5.86. The van der Waals surface area contributed by atoms with Crippen molar-refractivity contribution in [2.24, 2.45) is 0 Å². The Morgan fingerprint density at radius 2 is 2.22 bits per heavy atom. The molecule has 0 amide bonds. The topological polar surface area (TPSA) is 34.1 Å². The van der Waals surface area contributed by atoms with E-state index in [9.17, 15) is 0 Å². The average Bonchev–Trinajstić information content (AvgIpc) is 2.77. The van der Waals surface area contributed by atoms with Crippen LogP contribution in [0.15, 0.2) is 23.6 Å². The first-order valence-corrected chi connectivity index (χ1v) is 6.84. The van der Waals surface area contributed by atoms with E-state index in [0.717, 1.165) is 16.3 Å². The summed E-state index contributed by atoms with van der Waals surface area (Å²) in [5.74, 6) is 0.686. The highest BCUT2D eigenvalue weighted by atomic mass is 35.5. The molecule has 1 unspecified atom stereocenters. The minimum Gasteiger partial charge on any atom is -0.495 e. The molecule has 3 nitrogen and oxygen atoms in total. The first-order chi connectivity index (χ1) is 8.65. The van der Waals surface area contributed by atoms with Gasteiger partial charge in [-0.1, -0.05) is 17.7 Å². The van der Waals surface area contributed by atoms with Crippen LogP contribution in [-0.2, 0) is 0 Å². The minimum atomic E-state index is 0.0621. The highest BCUT2D eigenvalue weighted by molar-refractivity contribution is 7.09. The fraction of sp³-hybridized carbons (Fsp3) is 0.308. The van der Waals surface area contributed by atoms with Crippen molar-refractivity contribution in [3.05, 3.63) is 44.9 Å². The Bertz CT molecular complexity index is 542. The zero-order valence-corrected chi connectivity index (χ0v) is 12.1. The molecule has 96 valence electrons. The number of nitrogens with one attached hydrogen (secondary N) is 1. The molecular formula is C13H15ClN2OS. The van der Waals surface area contributed by atoms with Gasteiger partial charge in [0.1, 0.15) is 10.8 Å². The summed E-state index contributed by atoms with van der Waals surface area (Å²) < 4.78 is 5.16. The van der Waals surface area contributed by atoms with Crippen LogP contribution in [0.3, 0.4) is 0 Å². The largest absolute Gasteiger partial charge is 0.495 e. The molecule has 1 N–H and O–H groups in total. The Labute approximate surface area is 116 Å². The molecule has 0 bridgehead atoms. The van der Waals surface area contributed by atoms with Gasteiger partial charge < -0.3 is 10.1 Å². The molecule has 0 saturated heterocycles. The maximum atomic E-state index is 6.15. The van der Waals surface area contributed by atoms with Gasteiger partial charge in [-0.3, -0.25) is 0 Å². The van der Waals surface area contributed by atoms with Crippen molar-refractivity contribution in [3.8, 4) is 5.75 Å². The van der Waals surface area contributed by atoms with Gasteiger partial charge in [0, 0.05) is 11.1 Å². The molecule has 0 fully saturated rings. The third-order valence-corrected chi connectivity index (χ3v) is 4.00. The molecule has 0 radical (unpaired) electrons. The molecule has 0 spiro atoms. The van der Waals surface area contributed by atoms with E-state index in [1.807, 2.05) is 37.6 Å². The average molecular weight is 283 g/mol. The Morgan fingerprint density at radius 1 is 1.44 bits per heavy atom. The first-order valence-electron chi connectivity index (χ1n) is 5.58. The first kappa shape index (κ1) is 13.3. The van der Waals surface area contributed by atoms with E-state index in [4.69, 9.17) is 16.3 Å². The van der Waals surface area contributed by atoms with E-state index >= 15 is 0 Å². The Kier molecular flexibility index (Phi) is 4.22. The van der Waals surface area contributed by atoms with Gasteiger partial charge in [-0.15, -0.1) is 11.3 Å². The molecule has 0 aliphatic rings. The van der Waals surface area contributed by atoms with E-state index in [1.54, 1.807) is 18.4 Å². The number of hydrogen-bond acceptors (Lipinski definition) is 4. The lowest BCUT2D eigenvalue weighted by molar-refractivity contribution is 0.414. The van der Waals surface area contributed by atoms with E-state index < -0.39 is 0 Å². The van der Waals surface area contributed by atoms with Crippen molar-refractivity contribution in [3.63, 3.8) is 0 Å².